The first-order valence-electron chi connectivity index (χ1n) is 10.5. The zero-order valence-electron chi connectivity index (χ0n) is 19.4. The molecule has 30 heavy (non-hydrogen) atoms. The van der Waals surface area contributed by atoms with E-state index in [0.717, 1.165) is 55.5 Å². The number of hydrogen-bond acceptors (Lipinski definition) is 5. The van der Waals surface area contributed by atoms with Gasteiger partial charge in [-0.15, -0.1) is 5.92 Å². The van der Waals surface area contributed by atoms with Gasteiger partial charge in [-0.3, -0.25) is 9.78 Å². The zero-order valence-corrected chi connectivity index (χ0v) is 22.6. The molecule has 2 rings (SSSR count). The molecule has 0 aliphatic heterocycles. The largest absolute Gasteiger partial charge is 0.333 e. The zero-order chi connectivity index (χ0) is 22.4. The Labute approximate surface area is 198 Å². The summed E-state index contributed by atoms with van der Waals surface area (Å²) in [5, 5.41) is 0. The van der Waals surface area contributed by atoms with Crippen LogP contribution in [0.5, 0.6) is 0 Å². The van der Waals surface area contributed by atoms with Crippen LogP contribution >= 0.6 is 0 Å². The van der Waals surface area contributed by atoms with Crippen LogP contribution in [0.15, 0.2) is 12.2 Å². The molecule has 0 N–H and O–H groups in total. The van der Waals surface area contributed by atoms with Crippen molar-refractivity contribution in [1.29, 1.82) is 0 Å². The number of aryl methyl sites for hydroxylation is 3. The molecule has 0 spiro atoms. The molecule has 1 atom stereocenters. The molecule has 0 fully saturated rings. The topological polar surface area (TPSA) is 77.0 Å². The monoisotopic (exact) mass is 582 g/mol. The van der Waals surface area contributed by atoms with Crippen molar-refractivity contribution in [2.75, 3.05) is 0 Å². The fourth-order valence-corrected chi connectivity index (χ4v) is 2.70. The Morgan fingerprint density at radius 2 is 1.57 bits per heavy atom. The van der Waals surface area contributed by atoms with Crippen molar-refractivity contribution in [2.45, 2.75) is 80.1 Å². The van der Waals surface area contributed by atoms with E-state index in [9.17, 15) is 9.59 Å². The number of carbonyl (C=O) groups excluding carboxylic acids is 3. The van der Waals surface area contributed by atoms with Gasteiger partial charge in [0.15, 0.2) is 5.78 Å². The second-order valence-electron chi connectivity index (χ2n) is 7.28. The molecule has 1 aliphatic carbocycles. The molecule has 167 valence electrons. The molecule has 0 saturated heterocycles. The first-order chi connectivity index (χ1) is 13.7. The second-order valence-corrected chi connectivity index (χ2v) is 7.28. The first-order valence-corrected chi connectivity index (χ1v) is 10.5. The van der Waals surface area contributed by atoms with Crippen molar-refractivity contribution in [3.8, 4) is 0 Å². The first kappa shape index (κ1) is 30.8. The number of rotatable bonds is 5. The van der Waals surface area contributed by atoms with Gasteiger partial charge in [-0.25, -0.2) is 4.98 Å². The molecule has 1 aromatic heterocycles. The van der Waals surface area contributed by atoms with Crippen molar-refractivity contribution in [3.63, 3.8) is 0 Å². The minimum Gasteiger partial charge on any atom is -0.333 e. The molecule has 0 bridgehead atoms. The third kappa shape index (κ3) is 11.1. The quantitative estimate of drug-likeness (QED) is 0.209. The number of aromatic nitrogens is 2. The molecular weight excluding hydrogens is 545 g/mol. The molecule has 1 heterocycles. The number of ketones is 2. The minimum atomic E-state index is -0.0236. The number of aldehydes is 1. The van der Waals surface area contributed by atoms with Crippen molar-refractivity contribution >= 4 is 17.9 Å². The van der Waals surface area contributed by atoms with Crippen molar-refractivity contribution < 1.29 is 36.8 Å². The Bertz CT molecular complexity index is 700. The summed E-state index contributed by atoms with van der Waals surface area (Å²) < 4.78 is 0. The van der Waals surface area contributed by atoms with Gasteiger partial charge in [0.05, 0.1) is 17.1 Å². The van der Waals surface area contributed by atoms with E-state index < -0.39 is 0 Å². The van der Waals surface area contributed by atoms with Crippen LogP contribution < -0.4 is 0 Å². The Balaban J connectivity index is 0. The maximum absolute atomic E-state index is 12.1. The summed E-state index contributed by atoms with van der Waals surface area (Å²) in [5.74, 6) is 0.373. The molecule has 0 aromatic carbocycles. The fraction of sp³-hybridized carbons (Fsp3) is 0.583. The number of Topliss-reactive ketones (excluding diaryl/α,β-unsaturated/α-hetero) is 2. The summed E-state index contributed by atoms with van der Waals surface area (Å²) in [6.45, 7) is 14.7. The van der Waals surface area contributed by atoms with E-state index in [1.54, 1.807) is 0 Å². The fourth-order valence-electron chi connectivity index (χ4n) is 2.70. The average molecular weight is 583 g/mol. The third-order valence-electron chi connectivity index (χ3n) is 4.54. The van der Waals surface area contributed by atoms with Gasteiger partial charge in [-0.05, 0) is 39.5 Å². The number of allylic oxidation sites excluding steroid dienone is 2. The molecule has 6 heteroatoms. The predicted molar refractivity (Wildman–Crippen MR) is 118 cm³/mol. The van der Waals surface area contributed by atoms with Crippen molar-refractivity contribution in [1.82, 2.24) is 9.97 Å². The van der Waals surface area contributed by atoms with Gasteiger partial charge in [0.1, 0.15) is 17.8 Å². The van der Waals surface area contributed by atoms with E-state index in [-0.39, 0.29) is 45.8 Å². The molecule has 1 radical (unpaired) electrons. The molecule has 1 unspecified atom stereocenters. The molecule has 0 saturated carbocycles. The van der Waals surface area contributed by atoms with Gasteiger partial charge in [0.2, 0.25) is 0 Å². The van der Waals surface area contributed by atoms with Gasteiger partial charge >= 0.3 is 0 Å². The summed E-state index contributed by atoms with van der Waals surface area (Å²) in [5.41, 5.74) is 3.41. The predicted octanol–water partition coefficient (Wildman–Crippen LogP) is 5.09. The number of nitrogens with zero attached hydrogens (tertiary/aromatic N) is 2. The molecular formula is C24H37N2O3Ta-. The number of hydrogen-bond donors (Lipinski definition) is 0. The number of carbonyl (C=O) groups is 3. The van der Waals surface area contributed by atoms with Crippen LogP contribution in [-0.2, 0) is 44.8 Å². The summed E-state index contributed by atoms with van der Waals surface area (Å²) in [7, 11) is 0. The Hall–Kier alpha value is -1.43. The van der Waals surface area contributed by atoms with Gasteiger partial charge in [0, 0.05) is 34.7 Å². The average Bonchev–Trinajstić information content (AvgIpc) is 2.68. The molecule has 1 aliphatic rings. The van der Waals surface area contributed by atoms with E-state index in [2.05, 4.69) is 29.0 Å². The van der Waals surface area contributed by atoms with Gasteiger partial charge < -0.3 is 16.5 Å². The molecule has 0 amide bonds. The van der Waals surface area contributed by atoms with Crippen LogP contribution in [0.4, 0.5) is 0 Å². The molecule has 1 aromatic rings. The summed E-state index contributed by atoms with van der Waals surface area (Å²) >= 11 is 0. The third-order valence-corrected chi connectivity index (χ3v) is 4.54. The summed E-state index contributed by atoms with van der Waals surface area (Å²) in [4.78, 5) is 40.8. The van der Waals surface area contributed by atoms with Crippen LogP contribution in [0.3, 0.4) is 0 Å². The van der Waals surface area contributed by atoms with Crippen LogP contribution in [-0.4, -0.2) is 27.8 Å². The van der Waals surface area contributed by atoms with E-state index in [1.807, 2.05) is 34.6 Å². The summed E-state index contributed by atoms with van der Waals surface area (Å²) in [6, 6.07) is 0. The van der Waals surface area contributed by atoms with Gasteiger partial charge in [-0.2, -0.15) is 0 Å². The van der Waals surface area contributed by atoms with Crippen molar-refractivity contribution in [2.24, 2.45) is 11.8 Å². The minimum absolute atomic E-state index is 0. The SMILES string of the molecule is CC=O.Cc1nc2c(nc1C(=O)C(C)C)CC/C=C/CC2.[CH2-]C(CC)C(=O)CC.[Ta]. The normalized spacial score (nSPS) is 14.1. The van der Waals surface area contributed by atoms with E-state index in [1.165, 1.54) is 6.92 Å². The molecule has 5 nitrogen and oxygen atoms in total. The van der Waals surface area contributed by atoms with E-state index in [4.69, 9.17) is 4.79 Å². The van der Waals surface area contributed by atoms with E-state index >= 15 is 0 Å². The number of fused-ring (bicyclic) bond motifs is 1. The van der Waals surface area contributed by atoms with Crippen molar-refractivity contribution in [3.05, 3.63) is 41.9 Å². The standard InChI is InChI=1S/C15H20N2O.C7H13O.C2H4O.Ta/c1-10(2)15(18)14-11(3)16-12-8-6-4-5-7-9-13(12)17-14;1-4-6(3)7(8)5-2;1-2-3;/h4-5,10H,6-9H2,1-3H3;6H,3-5H2,1-2H3;2H,1H3;/q;-1;;/b5-4+;;;. The van der Waals surface area contributed by atoms with Gasteiger partial charge in [-0.1, -0.05) is 46.3 Å². The summed E-state index contributed by atoms with van der Waals surface area (Å²) in [6.07, 6.45) is 10.4. The van der Waals surface area contributed by atoms with E-state index in [0.29, 0.717) is 12.1 Å². The maximum Gasteiger partial charge on any atom is 0.185 e. The smallest absolute Gasteiger partial charge is 0.185 e. The Morgan fingerprint density at radius 1 is 1.10 bits per heavy atom. The Kier molecular flexibility index (Phi) is 17.7. The van der Waals surface area contributed by atoms with Crippen LogP contribution in [0.2, 0.25) is 0 Å². The Morgan fingerprint density at radius 3 is 1.93 bits per heavy atom. The second kappa shape index (κ2) is 17.3. The van der Waals surface area contributed by atoms with Crippen LogP contribution in [0, 0.1) is 25.7 Å². The maximum atomic E-state index is 12.1. The van der Waals surface area contributed by atoms with Crippen LogP contribution in [0.25, 0.3) is 0 Å². The van der Waals surface area contributed by atoms with Gasteiger partial charge in [0.25, 0.3) is 0 Å². The van der Waals surface area contributed by atoms with Crippen LogP contribution in [0.1, 0.15) is 87.9 Å².